The molecule has 5 nitrogen and oxygen atoms in total. The quantitative estimate of drug-likeness (QED) is 0.825. The Kier molecular flexibility index (Phi) is 5.76. The third-order valence-corrected chi connectivity index (χ3v) is 4.05. The summed E-state index contributed by atoms with van der Waals surface area (Å²) >= 11 is 1.62. The SMILES string of the molecule is COc1ccccc1OC1CN(C(=O)[C@H](O)CCSC)C1. The summed E-state index contributed by atoms with van der Waals surface area (Å²) in [7, 11) is 1.60. The molecule has 1 amide bonds. The molecular weight excluding hydrogens is 290 g/mol. The van der Waals surface area contributed by atoms with E-state index in [9.17, 15) is 9.90 Å². The second-order valence-electron chi connectivity index (χ2n) is 4.93. The number of hydrogen-bond donors (Lipinski definition) is 1. The molecule has 6 heteroatoms. The molecule has 2 rings (SSSR count). The Balaban J connectivity index is 1.80. The smallest absolute Gasteiger partial charge is 0.251 e. The summed E-state index contributed by atoms with van der Waals surface area (Å²) in [4.78, 5) is 13.6. The summed E-state index contributed by atoms with van der Waals surface area (Å²) in [6, 6.07) is 7.44. The van der Waals surface area contributed by atoms with Crippen molar-refractivity contribution < 1.29 is 19.4 Å². The number of para-hydroxylation sites is 2. The fourth-order valence-electron chi connectivity index (χ4n) is 2.15. The van der Waals surface area contributed by atoms with E-state index in [1.54, 1.807) is 23.8 Å². The highest BCUT2D eigenvalue weighted by Crippen LogP contribution is 2.28. The van der Waals surface area contributed by atoms with Crippen molar-refractivity contribution in [2.24, 2.45) is 0 Å². The first-order valence-corrected chi connectivity index (χ1v) is 8.30. The second kappa shape index (κ2) is 7.56. The van der Waals surface area contributed by atoms with E-state index < -0.39 is 6.10 Å². The predicted molar refractivity (Wildman–Crippen MR) is 83.0 cm³/mol. The lowest BCUT2D eigenvalue weighted by molar-refractivity contribution is -0.149. The molecular formula is C15H21NO4S. The number of ether oxygens (including phenoxy) is 2. The molecule has 1 heterocycles. The molecule has 0 bridgehead atoms. The molecule has 0 radical (unpaired) electrons. The van der Waals surface area contributed by atoms with Crippen molar-refractivity contribution in [2.45, 2.75) is 18.6 Å². The number of aliphatic hydroxyl groups excluding tert-OH is 1. The maximum atomic E-state index is 11.9. The Morgan fingerprint density at radius 3 is 2.71 bits per heavy atom. The summed E-state index contributed by atoms with van der Waals surface area (Å²) in [6.07, 6.45) is 1.51. The Labute approximate surface area is 129 Å². The van der Waals surface area contributed by atoms with Crippen LogP contribution in [0.15, 0.2) is 24.3 Å². The third kappa shape index (κ3) is 4.04. The largest absolute Gasteiger partial charge is 0.493 e. The summed E-state index contributed by atoms with van der Waals surface area (Å²) in [5.41, 5.74) is 0. The maximum Gasteiger partial charge on any atom is 0.251 e. The molecule has 0 spiro atoms. The molecule has 1 aliphatic rings. The van der Waals surface area contributed by atoms with Crippen LogP contribution < -0.4 is 9.47 Å². The molecule has 1 fully saturated rings. The number of likely N-dealkylation sites (tertiary alicyclic amines) is 1. The highest BCUT2D eigenvalue weighted by atomic mass is 32.2. The number of rotatable bonds is 7. The van der Waals surface area contributed by atoms with E-state index in [1.807, 2.05) is 30.5 Å². The van der Waals surface area contributed by atoms with E-state index in [-0.39, 0.29) is 12.0 Å². The molecule has 0 aliphatic carbocycles. The van der Waals surface area contributed by atoms with Gasteiger partial charge in [0.1, 0.15) is 12.2 Å². The van der Waals surface area contributed by atoms with Crippen molar-refractivity contribution >= 4 is 17.7 Å². The van der Waals surface area contributed by atoms with Gasteiger partial charge in [0.25, 0.3) is 5.91 Å². The minimum absolute atomic E-state index is 0.0435. The standard InChI is InChI=1S/C15H21NO4S/c1-19-13-5-3-4-6-14(13)20-11-9-16(10-11)15(18)12(17)7-8-21-2/h3-6,11-12,17H,7-10H2,1-2H3/t12-/m1/s1. The second-order valence-corrected chi connectivity index (χ2v) is 5.92. The molecule has 1 aliphatic heterocycles. The van der Waals surface area contributed by atoms with Crippen LogP contribution in [0, 0.1) is 0 Å². The number of nitrogens with zero attached hydrogens (tertiary/aromatic N) is 1. The number of aliphatic hydroxyl groups is 1. The van der Waals surface area contributed by atoms with E-state index in [2.05, 4.69) is 0 Å². The third-order valence-electron chi connectivity index (χ3n) is 3.40. The fourth-order valence-corrected chi connectivity index (χ4v) is 2.61. The van der Waals surface area contributed by atoms with Gasteiger partial charge in [-0.2, -0.15) is 11.8 Å². The Bertz CT molecular complexity index is 476. The number of hydrogen-bond acceptors (Lipinski definition) is 5. The predicted octanol–water partition coefficient (Wildman–Crippen LogP) is 1.40. The zero-order valence-electron chi connectivity index (χ0n) is 12.3. The Morgan fingerprint density at radius 1 is 1.43 bits per heavy atom. The van der Waals surface area contributed by atoms with Crippen molar-refractivity contribution in [3.63, 3.8) is 0 Å². The molecule has 1 aromatic rings. The topological polar surface area (TPSA) is 59.0 Å². The Morgan fingerprint density at radius 2 is 2.10 bits per heavy atom. The number of methoxy groups -OCH3 is 1. The van der Waals surface area contributed by atoms with Crippen LogP contribution in [0.25, 0.3) is 0 Å². The minimum atomic E-state index is -0.898. The van der Waals surface area contributed by atoms with Crippen LogP contribution in [0.3, 0.4) is 0 Å². The molecule has 1 saturated heterocycles. The van der Waals surface area contributed by atoms with Gasteiger partial charge in [-0.25, -0.2) is 0 Å². The van der Waals surface area contributed by atoms with Crippen molar-refractivity contribution in [1.29, 1.82) is 0 Å². The van der Waals surface area contributed by atoms with Gasteiger partial charge in [-0.15, -0.1) is 0 Å². The molecule has 116 valence electrons. The van der Waals surface area contributed by atoms with Crippen LogP contribution in [-0.2, 0) is 4.79 Å². The van der Waals surface area contributed by atoms with Crippen LogP contribution in [0.4, 0.5) is 0 Å². The molecule has 21 heavy (non-hydrogen) atoms. The van der Waals surface area contributed by atoms with Gasteiger partial charge in [0.2, 0.25) is 0 Å². The summed E-state index contributed by atoms with van der Waals surface area (Å²) in [6.45, 7) is 1.01. The van der Waals surface area contributed by atoms with Crippen molar-refractivity contribution in [3.05, 3.63) is 24.3 Å². The zero-order chi connectivity index (χ0) is 15.2. The number of carbonyl (C=O) groups is 1. The fraction of sp³-hybridized carbons (Fsp3) is 0.533. The van der Waals surface area contributed by atoms with Crippen molar-refractivity contribution in [3.8, 4) is 11.5 Å². The zero-order valence-corrected chi connectivity index (χ0v) is 13.1. The van der Waals surface area contributed by atoms with Gasteiger partial charge in [-0.3, -0.25) is 4.79 Å². The van der Waals surface area contributed by atoms with Crippen LogP contribution in [0.5, 0.6) is 11.5 Å². The summed E-state index contributed by atoms with van der Waals surface area (Å²) < 4.78 is 11.0. The van der Waals surface area contributed by atoms with Crippen molar-refractivity contribution in [2.75, 3.05) is 32.2 Å². The van der Waals surface area contributed by atoms with Crippen LogP contribution in [0.1, 0.15) is 6.42 Å². The van der Waals surface area contributed by atoms with Gasteiger partial charge in [0.05, 0.1) is 20.2 Å². The number of benzene rings is 1. The average Bonchev–Trinajstić information content (AvgIpc) is 2.47. The van der Waals surface area contributed by atoms with Gasteiger partial charge >= 0.3 is 0 Å². The normalized spacial score (nSPS) is 16.2. The van der Waals surface area contributed by atoms with Gasteiger partial charge in [-0.05, 0) is 30.6 Å². The number of carbonyl (C=O) groups excluding carboxylic acids is 1. The first-order valence-electron chi connectivity index (χ1n) is 6.91. The van der Waals surface area contributed by atoms with E-state index >= 15 is 0 Å². The molecule has 1 N–H and O–H groups in total. The summed E-state index contributed by atoms with van der Waals surface area (Å²) in [5.74, 6) is 1.94. The van der Waals surface area contributed by atoms with Crippen molar-refractivity contribution in [1.82, 2.24) is 4.90 Å². The lowest BCUT2D eigenvalue weighted by Crippen LogP contribution is -2.58. The van der Waals surface area contributed by atoms with E-state index in [1.165, 1.54) is 0 Å². The highest BCUT2D eigenvalue weighted by molar-refractivity contribution is 7.98. The van der Waals surface area contributed by atoms with E-state index in [4.69, 9.17) is 9.47 Å². The monoisotopic (exact) mass is 311 g/mol. The number of thioether (sulfide) groups is 1. The maximum absolute atomic E-state index is 11.9. The van der Waals surface area contributed by atoms with Crippen LogP contribution in [-0.4, -0.2) is 60.3 Å². The van der Waals surface area contributed by atoms with Crippen LogP contribution >= 0.6 is 11.8 Å². The minimum Gasteiger partial charge on any atom is -0.493 e. The molecule has 0 aromatic heterocycles. The highest BCUT2D eigenvalue weighted by Gasteiger charge is 2.35. The van der Waals surface area contributed by atoms with E-state index in [0.717, 1.165) is 5.75 Å². The molecule has 0 saturated carbocycles. The Hall–Kier alpha value is -1.40. The van der Waals surface area contributed by atoms with Gasteiger partial charge < -0.3 is 19.5 Å². The van der Waals surface area contributed by atoms with E-state index in [0.29, 0.717) is 31.0 Å². The van der Waals surface area contributed by atoms with Gasteiger partial charge in [-0.1, -0.05) is 12.1 Å². The first kappa shape index (κ1) is 16.0. The average molecular weight is 311 g/mol. The van der Waals surface area contributed by atoms with Crippen LogP contribution in [0.2, 0.25) is 0 Å². The lowest BCUT2D eigenvalue weighted by Gasteiger charge is -2.40. The lowest BCUT2D eigenvalue weighted by atomic mass is 10.1. The summed E-state index contributed by atoms with van der Waals surface area (Å²) in [5, 5.41) is 9.78. The molecule has 1 aromatic carbocycles. The first-order chi connectivity index (χ1) is 10.2. The van der Waals surface area contributed by atoms with Gasteiger partial charge in [0.15, 0.2) is 11.5 Å². The van der Waals surface area contributed by atoms with Gasteiger partial charge in [0, 0.05) is 0 Å². The molecule has 1 atom stereocenters. The molecule has 0 unspecified atom stereocenters. The number of amides is 1.